The van der Waals surface area contributed by atoms with Crippen molar-refractivity contribution in [3.63, 3.8) is 0 Å². The van der Waals surface area contributed by atoms with Gasteiger partial charge >= 0.3 is 6.03 Å². The molecule has 0 radical (unpaired) electrons. The van der Waals surface area contributed by atoms with Gasteiger partial charge in [-0.25, -0.2) is 9.48 Å². The summed E-state index contributed by atoms with van der Waals surface area (Å²) < 4.78 is 7.25. The molecule has 0 aliphatic carbocycles. The first-order valence-electron chi connectivity index (χ1n) is 9.23. The minimum absolute atomic E-state index is 0.234. The lowest BCUT2D eigenvalue weighted by Gasteiger charge is -2.18. The molecule has 0 unspecified atom stereocenters. The molecule has 0 aliphatic heterocycles. The molecule has 0 fully saturated rings. The molecule has 6 nitrogen and oxygen atoms in total. The van der Waals surface area contributed by atoms with Gasteiger partial charge in [0.2, 0.25) is 0 Å². The Morgan fingerprint density at radius 1 is 1.15 bits per heavy atom. The van der Waals surface area contributed by atoms with E-state index in [1.807, 2.05) is 41.9 Å². The first-order valence-corrected chi connectivity index (χ1v) is 9.23. The molecular weight excluding hydrogens is 328 g/mol. The number of hydrogen-bond donors (Lipinski definition) is 2. The van der Waals surface area contributed by atoms with Crippen LogP contribution in [0.25, 0.3) is 0 Å². The summed E-state index contributed by atoms with van der Waals surface area (Å²) in [6, 6.07) is 9.87. The van der Waals surface area contributed by atoms with Crippen molar-refractivity contribution in [3.8, 4) is 0 Å². The van der Waals surface area contributed by atoms with E-state index in [0.717, 1.165) is 17.5 Å². The highest BCUT2D eigenvalue weighted by Crippen LogP contribution is 2.20. The van der Waals surface area contributed by atoms with Crippen molar-refractivity contribution < 1.29 is 9.53 Å². The molecule has 0 saturated carbocycles. The highest BCUT2D eigenvalue weighted by Gasteiger charge is 2.13. The van der Waals surface area contributed by atoms with Crippen LogP contribution in [0.5, 0.6) is 0 Å². The highest BCUT2D eigenvalue weighted by molar-refractivity contribution is 5.88. The maximum Gasteiger partial charge on any atom is 0.320 e. The molecule has 1 aromatic carbocycles. The van der Waals surface area contributed by atoms with Crippen molar-refractivity contribution in [2.45, 2.75) is 53.3 Å². The van der Waals surface area contributed by atoms with Crippen molar-refractivity contribution >= 4 is 11.8 Å². The van der Waals surface area contributed by atoms with E-state index in [0.29, 0.717) is 31.5 Å². The number of anilines is 1. The number of amides is 2. The maximum absolute atomic E-state index is 12.2. The Kier molecular flexibility index (Phi) is 7.66. The number of carbonyl (C=O) groups is 1. The molecule has 0 bridgehead atoms. The predicted octanol–water partition coefficient (Wildman–Crippen LogP) is 4.35. The molecule has 2 N–H and O–H groups in total. The fourth-order valence-electron chi connectivity index (χ4n) is 2.86. The summed E-state index contributed by atoms with van der Waals surface area (Å²) in [5, 5.41) is 10.1. The topological polar surface area (TPSA) is 68.2 Å². The first kappa shape index (κ1) is 20.0. The Balaban J connectivity index is 1.85. The molecule has 1 aromatic heterocycles. The summed E-state index contributed by atoms with van der Waals surface area (Å²) >= 11 is 0. The number of benzene rings is 1. The van der Waals surface area contributed by atoms with Crippen molar-refractivity contribution in [1.29, 1.82) is 0 Å². The molecule has 26 heavy (non-hydrogen) atoms. The molecule has 2 amide bonds. The summed E-state index contributed by atoms with van der Waals surface area (Å²) in [6.45, 7) is 10.2. The van der Waals surface area contributed by atoms with E-state index in [-0.39, 0.29) is 12.1 Å². The minimum Gasteiger partial charge on any atom is -0.377 e. The van der Waals surface area contributed by atoms with Gasteiger partial charge in [0, 0.05) is 19.2 Å². The fraction of sp³-hybridized carbons (Fsp3) is 0.500. The standard InChI is InChI=1S/C20H30N4O2/c1-5-26-14-18-8-6-17(7-9-18)13-21-20(25)23-19-10-11-22-24(19)16(4)12-15(2)3/h6-11,15-16H,5,12-14H2,1-4H3,(H2,21,23,25)/t16-/m0/s1. The van der Waals surface area contributed by atoms with E-state index >= 15 is 0 Å². The van der Waals surface area contributed by atoms with Gasteiger partial charge in [-0.3, -0.25) is 5.32 Å². The Bertz CT molecular complexity index is 679. The van der Waals surface area contributed by atoms with Crippen LogP contribution in [0.15, 0.2) is 36.5 Å². The largest absolute Gasteiger partial charge is 0.377 e. The third kappa shape index (κ3) is 6.19. The van der Waals surface area contributed by atoms with Gasteiger partial charge in [-0.2, -0.15) is 5.10 Å². The molecule has 142 valence electrons. The molecule has 0 aliphatic rings. The van der Waals surface area contributed by atoms with Crippen LogP contribution in [0, 0.1) is 5.92 Å². The predicted molar refractivity (Wildman–Crippen MR) is 104 cm³/mol. The average molecular weight is 358 g/mol. The Morgan fingerprint density at radius 2 is 1.85 bits per heavy atom. The lowest BCUT2D eigenvalue weighted by molar-refractivity contribution is 0.134. The Hall–Kier alpha value is -2.34. The SMILES string of the molecule is CCOCc1ccc(CNC(=O)Nc2ccnn2[C@@H](C)CC(C)C)cc1. The second kappa shape index (κ2) is 9.97. The Labute approximate surface area is 155 Å². The van der Waals surface area contributed by atoms with Crippen molar-refractivity contribution in [3.05, 3.63) is 47.7 Å². The van der Waals surface area contributed by atoms with E-state index in [4.69, 9.17) is 4.74 Å². The monoisotopic (exact) mass is 358 g/mol. The van der Waals surface area contributed by atoms with Crippen LogP contribution < -0.4 is 10.6 Å². The molecular formula is C20H30N4O2. The zero-order valence-electron chi connectivity index (χ0n) is 16.2. The van der Waals surface area contributed by atoms with Gasteiger partial charge in [-0.15, -0.1) is 0 Å². The number of aromatic nitrogens is 2. The van der Waals surface area contributed by atoms with Crippen molar-refractivity contribution in [2.75, 3.05) is 11.9 Å². The number of rotatable bonds is 9. The molecule has 2 aromatic rings. The Morgan fingerprint density at radius 3 is 2.50 bits per heavy atom. The van der Waals surface area contributed by atoms with Gasteiger partial charge in [0.25, 0.3) is 0 Å². The van der Waals surface area contributed by atoms with Crippen LogP contribution >= 0.6 is 0 Å². The summed E-state index contributed by atoms with van der Waals surface area (Å²) in [7, 11) is 0. The van der Waals surface area contributed by atoms with E-state index < -0.39 is 0 Å². The number of nitrogens with zero attached hydrogens (tertiary/aromatic N) is 2. The number of nitrogens with one attached hydrogen (secondary N) is 2. The number of ether oxygens (including phenoxy) is 1. The quantitative estimate of drug-likeness (QED) is 0.700. The summed E-state index contributed by atoms with van der Waals surface area (Å²) in [6.07, 6.45) is 2.72. The lowest BCUT2D eigenvalue weighted by atomic mass is 10.1. The summed E-state index contributed by atoms with van der Waals surface area (Å²) in [5.41, 5.74) is 2.17. The van der Waals surface area contributed by atoms with Crippen LogP contribution in [-0.2, 0) is 17.9 Å². The molecule has 1 heterocycles. The molecule has 1 atom stereocenters. The smallest absolute Gasteiger partial charge is 0.320 e. The van der Waals surface area contributed by atoms with Crippen LogP contribution in [0.1, 0.15) is 51.3 Å². The fourth-order valence-corrected chi connectivity index (χ4v) is 2.86. The zero-order valence-corrected chi connectivity index (χ0v) is 16.2. The van der Waals surface area contributed by atoms with E-state index in [1.54, 1.807) is 6.20 Å². The zero-order chi connectivity index (χ0) is 18.9. The summed E-state index contributed by atoms with van der Waals surface area (Å²) in [5.74, 6) is 1.28. The third-order valence-corrected chi connectivity index (χ3v) is 4.09. The van der Waals surface area contributed by atoms with Gasteiger partial charge < -0.3 is 10.1 Å². The highest BCUT2D eigenvalue weighted by atomic mass is 16.5. The van der Waals surface area contributed by atoms with Crippen LogP contribution in [0.2, 0.25) is 0 Å². The van der Waals surface area contributed by atoms with E-state index in [1.165, 1.54) is 0 Å². The minimum atomic E-state index is -0.234. The maximum atomic E-state index is 12.2. The van der Waals surface area contributed by atoms with Gasteiger partial charge in [0.1, 0.15) is 5.82 Å². The molecule has 6 heteroatoms. The van der Waals surface area contributed by atoms with E-state index in [2.05, 4.69) is 36.5 Å². The van der Waals surface area contributed by atoms with Gasteiger partial charge in [0.05, 0.1) is 18.8 Å². The number of hydrogen-bond acceptors (Lipinski definition) is 3. The third-order valence-electron chi connectivity index (χ3n) is 4.09. The number of urea groups is 1. The van der Waals surface area contributed by atoms with Gasteiger partial charge in [0.15, 0.2) is 0 Å². The summed E-state index contributed by atoms with van der Waals surface area (Å²) in [4.78, 5) is 12.2. The molecule has 0 saturated heterocycles. The van der Waals surface area contributed by atoms with Gasteiger partial charge in [-0.1, -0.05) is 38.1 Å². The van der Waals surface area contributed by atoms with E-state index in [9.17, 15) is 4.79 Å². The lowest BCUT2D eigenvalue weighted by Crippen LogP contribution is -2.29. The van der Waals surface area contributed by atoms with Crippen LogP contribution in [-0.4, -0.2) is 22.4 Å². The van der Waals surface area contributed by atoms with Gasteiger partial charge in [-0.05, 0) is 37.3 Å². The first-order chi connectivity index (χ1) is 12.5. The number of carbonyl (C=O) groups excluding carboxylic acids is 1. The molecule has 0 spiro atoms. The molecule has 2 rings (SSSR count). The average Bonchev–Trinajstić information content (AvgIpc) is 3.06. The second-order valence-electron chi connectivity index (χ2n) is 6.90. The second-order valence-corrected chi connectivity index (χ2v) is 6.90. The van der Waals surface area contributed by atoms with Crippen LogP contribution in [0.3, 0.4) is 0 Å². The van der Waals surface area contributed by atoms with Crippen LogP contribution in [0.4, 0.5) is 10.6 Å². The van der Waals surface area contributed by atoms with Crippen molar-refractivity contribution in [1.82, 2.24) is 15.1 Å². The van der Waals surface area contributed by atoms with Crippen molar-refractivity contribution in [2.24, 2.45) is 5.92 Å². The normalized spacial score (nSPS) is 12.2.